The lowest BCUT2D eigenvalue weighted by molar-refractivity contribution is 0.103. The minimum absolute atomic E-state index is 0.193. The van der Waals surface area contributed by atoms with E-state index in [9.17, 15) is 9.90 Å². The number of ether oxygens (including phenoxy) is 1. The number of methoxy groups -OCH3 is 1. The zero-order valence-corrected chi connectivity index (χ0v) is 11.0. The molecule has 4 heteroatoms. The number of aliphatic hydroxyl groups excluding tert-OH is 1. The molecule has 0 aromatic heterocycles. The van der Waals surface area contributed by atoms with Crippen molar-refractivity contribution in [3.05, 3.63) is 64.7 Å². The summed E-state index contributed by atoms with van der Waals surface area (Å²) >= 11 is 0. The third-order valence-electron chi connectivity index (χ3n) is 3.00. The van der Waals surface area contributed by atoms with Crippen LogP contribution in [0, 0.1) is 11.3 Å². The Hall–Kier alpha value is -2.64. The van der Waals surface area contributed by atoms with Crippen LogP contribution in [0.5, 0.6) is 5.75 Å². The Morgan fingerprint density at radius 2 is 1.95 bits per heavy atom. The maximum Gasteiger partial charge on any atom is 0.193 e. The Bertz CT molecular complexity index is 669. The Morgan fingerprint density at radius 1 is 1.25 bits per heavy atom. The molecule has 0 aliphatic carbocycles. The summed E-state index contributed by atoms with van der Waals surface area (Å²) in [6, 6.07) is 13.4. The molecule has 0 aliphatic rings. The molecule has 2 aromatic carbocycles. The fourth-order valence-corrected chi connectivity index (χ4v) is 1.91. The zero-order chi connectivity index (χ0) is 14.5. The van der Waals surface area contributed by atoms with E-state index in [1.54, 1.807) is 43.5 Å². The van der Waals surface area contributed by atoms with Gasteiger partial charge in [0.15, 0.2) is 5.78 Å². The Balaban J connectivity index is 2.39. The monoisotopic (exact) mass is 267 g/mol. The standard InChI is InChI=1S/C16H13NO3/c1-20-14-5-3-12(4-6-14)16(19)15-7-2-11(9-17)8-13(15)10-18/h2-8,18H,10H2,1H3. The van der Waals surface area contributed by atoms with Gasteiger partial charge in [-0.15, -0.1) is 0 Å². The maximum atomic E-state index is 12.4. The van der Waals surface area contributed by atoms with Crippen LogP contribution in [-0.4, -0.2) is 18.0 Å². The second kappa shape index (κ2) is 6.00. The third kappa shape index (κ3) is 2.68. The Kier molecular flexibility index (Phi) is 4.14. The van der Waals surface area contributed by atoms with E-state index in [0.717, 1.165) is 0 Å². The van der Waals surface area contributed by atoms with Gasteiger partial charge in [-0.3, -0.25) is 4.79 Å². The molecule has 0 aliphatic heterocycles. The van der Waals surface area contributed by atoms with E-state index in [-0.39, 0.29) is 12.4 Å². The molecule has 100 valence electrons. The highest BCUT2D eigenvalue weighted by Crippen LogP contribution is 2.19. The van der Waals surface area contributed by atoms with Gasteiger partial charge in [0.05, 0.1) is 25.3 Å². The first kappa shape index (κ1) is 13.8. The SMILES string of the molecule is COc1ccc(C(=O)c2ccc(C#N)cc2CO)cc1. The van der Waals surface area contributed by atoms with Gasteiger partial charge >= 0.3 is 0 Å². The fraction of sp³-hybridized carbons (Fsp3) is 0.125. The number of hydrogen-bond acceptors (Lipinski definition) is 4. The first-order valence-electron chi connectivity index (χ1n) is 6.02. The smallest absolute Gasteiger partial charge is 0.193 e. The molecule has 0 amide bonds. The van der Waals surface area contributed by atoms with Crippen LogP contribution in [0.1, 0.15) is 27.0 Å². The van der Waals surface area contributed by atoms with Crippen LogP contribution in [0.3, 0.4) is 0 Å². The number of rotatable bonds is 4. The summed E-state index contributed by atoms with van der Waals surface area (Å²) in [5.41, 5.74) is 1.77. The van der Waals surface area contributed by atoms with Gasteiger partial charge in [0, 0.05) is 11.1 Å². The fourth-order valence-electron chi connectivity index (χ4n) is 1.91. The summed E-state index contributed by atoms with van der Waals surface area (Å²) in [5.74, 6) is 0.477. The number of nitriles is 1. The molecular formula is C16H13NO3. The number of carbonyl (C=O) groups excluding carboxylic acids is 1. The van der Waals surface area contributed by atoms with Gasteiger partial charge < -0.3 is 9.84 Å². The second-order valence-corrected chi connectivity index (χ2v) is 4.20. The quantitative estimate of drug-likeness (QED) is 0.863. The van der Waals surface area contributed by atoms with E-state index in [1.807, 2.05) is 6.07 Å². The van der Waals surface area contributed by atoms with E-state index in [4.69, 9.17) is 10.00 Å². The van der Waals surface area contributed by atoms with E-state index in [0.29, 0.717) is 28.0 Å². The van der Waals surface area contributed by atoms with Crippen molar-refractivity contribution in [1.82, 2.24) is 0 Å². The van der Waals surface area contributed by atoms with Gasteiger partial charge in [-0.25, -0.2) is 0 Å². The predicted molar refractivity (Wildman–Crippen MR) is 73.5 cm³/mol. The van der Waals surface area contributed by atoms with Crippen LogP contribution in [0.15, 0.2) is 42.5 Å². The zero-order valence-electron chi connectivity index (χ0n) is 11.0. The van der Waals surface area contributed by atoms with Gasteiger partial charge in [0.25, 0.3) is 0 Å². The van der Waals surface area contributed by atoms with Crippen LogP contribution in [0.4, 0.5) is 0 Å². The van der Waals surface area contributed by atoms with Crippen LogP contribution in [0.2, 0.25) is 0 Å². The molecule has 0 spiro atoms. The highest BCUT2D eigenvalue weighted by molar-refractivity contribution is 6.10. The third-order valence-corrected chi connectivity index (χ3v) is 3.00. The van der Waals surface area contributed by atoms with Crippen molar-refractivity contribution < 1.29 is 14.6 Å². The van der Waals surface area contributed by atoms with E-state index in [2.05, 4.69) is 0 Å². The van der Waals surface area contributed by atoms with Crippen molar-refractivity contribution in [3.8, 4) is 11.8 Å². The summed E-state index contributed by atoms with van der Waals surface area (Å²) < 4.78 is 5.04. The molecule has 1 N–H and O–H groups in total. The average Bonchev–Trinajstić information content (AvgIpc) is 2.53. The molecule has 2 aromatic rings. The van der Waals surface area contributed by atoms with Gasteiger partial charge in [-0.05, 0) is 48.0 Å². The lowest BCUT2D eigenvalue weighted by Gasteiger charge is -2.07. The first-order chi connectivity index (χ1) is 9.69. The Labute approximate surface area is 116 Å². The lowest BCUT2D eigenvalue weighted by Crippen LogP contribution is -2.06. The number of nitrogens with zero attached hydrogens (tertiary/aromatic N) is 1. The summed E-state index contributed by atoms with van der Waals surface area (Å²) in [4.78, 5) is 12.4. The van der Waals surface area contributed by atoms with Crippen molar-refractivity contribution in [1.29, 1.82) is 5.26 Å². The van der Waals surface area contributed by atoms with Crippen molar-refractivity contribution in [2.24, 2.45) is 0 Å². The molecule has 4 nitrogen and oxygen atoms in total. The summed E-state index contributed by atoms with van der Waals surface area (Å²) in [5, 5.41) is 18.2. The van der Waals surface area contributed by atoms with Gasteiger partial charge in [-0.1, -0.05) is 0 Å². The molecule has 0 bridgehead atoms. The van der Waals surface area contributed by atoms with Gasteiger partial charge in [0.2, 0.25) is 0 Å². The molecule has 0 atom stereocenters. The maximum absolute atomic E-state index is 12.4. The van der Waals surface area contributed by atoms with Crippen molar-refractivity contribution in [2.45, 2.75) is 6.61 Å². The molecule has 2 rings (SSSR count). The molecule has 0 saturated heterocycles. The first-order valence-corrected chi connectivity index (χ1v) is 6.02. The van der Waals surface area contributed by atoms with Crippen LogP contribution < -0.4 is 4.74 Å². The normalized spacial score (nSPS) is 9.85. The van der Waals surface area contributed by atoms with Crippen LogP contribution >= 0.6 is 0 Å². The molecule has 0 heterocycles. The molecule has 0 unspecified atom stereocenters. The average molecular weight is 267 g/mol. The minimum atomic E-state index is -0.285. The van der Waals surface area contributed by atoms with Gasteiger partial charge in [-0.2, -0.15) is 5.26 Å². The van der Waals surface area contributed by atoms with Crippen molar-refractivity contribution >= 4 is 5.78 Å². The number of carbonyl (C=O) groups is 1. The highest BCUT2D eigenvalue weighted by Gasteiger charge is 2.14. The number of hydrogen-bond donors (Lipinski definition) is 1. The van der Waals surface area contributed by atoms with E-state index < -0.39 is 0 Å². The molecular weight excluding hydrogens is 254 g/mol. The topological polar surface area (TPSA) is 70.3 Å². The van der Waals surface area contributed by atoms with Crippen LogP contribution in [-0.2, 0) is 6.61 Å². The number of benzene rings is 2. The molecule has 0 fully saturated rings. The molecule has 0 saturated carbocycles. The summed E-state index contributed by atoms with van der Waals surface area (Å²) in [6.45, 7) is -0.285. The number of aliphatic hydroxyl groups is 1. The van der Waals surface area contributed by atoms with Crippen molar-refractivity contribution in [2.75, 3.05) is 7.11 Å². The second-order valence-electron chi connectivity index (χ2n) is 4.20. The molecule has 20 heavy (non-hydrogen) atoms. The van der Waals surface area contributed by atoms with Crippen LogP contribution in [0.25, 0.3) is 0 Å². The summed E-state index contributed by atoms with van der Waals surface area (Å²) in [7, 11) is 1.56. The number of ketones is 1. The predicted octanol–water partition coefficient (Wildman–Crippen LogP) is 2.29. The van der Waals surface area contributed by atoms with E-state index >= 15 is 0 Å². The largest absolute Gasteiger partial charge is 0.497 e. The van der Waals surface area contributed by atoms with Gasteiger partial charge in [0.1, 0.15) is 5.75 Å². The lowest BCUT2D eigenvalue weighted by atomic mass is 9.97. The van der Waals surface area contributed by atoms with E-state index in [1.165, 1.54) is 6.07 Å². The molecule has 0 radical (unpaired) electrons. The Morgan fingerprint density at radius 3 is 2.50 bits per heavy atom. The summed E-state index contributed by atoms with van der Waals surface area (Å²) in [6.07, 6.45) is 0. The van der Waals surface area contributed by atoms with Crippen molar-refractivity contribution in [3.63, 3.8) is 0 Å². The minimum Gasteiger partial charge on any atom is -0.497 e. The highest BCUT2D eigenvalue weighted by atomic mass is 16.5.